The highest BCUT2D eigenvalue weighted by atomic mass is 32.2. The summed E-state index contributed by atoms with van der Waals surface area (Å²) in [6, 6.07) is 3.32. The lowest BCUT2D eigenvalue weighted by atomic mass is 10.2. The van der Waals surface area contributed by atoms with Crippen LogP contribution < -0.4 is 21.5 Å². The molecular formula is C18H21N5O5S2. The molecular weight excluding hydrogens is 430 g/mol. The summed E-state index contributed by atoms with van der Waals surface area (Å²) in [4.78, 5) is 55.4. The third-order valence-corrected chi connectivity index (χ3v) is 5.81. The predicted molar refractivity (Wildman–Crippen MR) is 114 cm³/mol. The standard InChI is InChI=1S/C18H21N5O5S2/c1-10(24)20-15-14(21-16(26)12-5-3-7-29-12)17(27)23-18(22-15)30-9-13(25)19-8-11-4-2-6-28-11/h3,5,7,11H,2,4,6,8-9H2,1H3,(H,19,25)(H,21,26)(H2,20,22,23,24,27)/t11-/m1/s1. The van der Waals surface area contributed by atoms with Crippen molar-refractivity contribution in [1.82, 2.24) is 15.3 Å². The van der Waals surface area contributed by atoms with E-state index in [0.717, 1.165) is 24.6 Å². The van der Waals surface area contributed by atoms with E-state index in [-0.39, 0.29) is 34.4 Å². The first-order valence-corrected chi connectivity index (χ1v) is 11.1. The van der Waals surface area contributed by atoms with Gasteiger partial charge in [-0.3, -0.25) is 24.2 Å². The van der Waals surface area contributed by atoms with Gasteiger partial charge in [-0.1, -0.05) is 17.8 Å². The van der Waals surface area contributed by atoms with Gasteiger partial charge < -0.3 is 20.7 Å². The van der Waals surface area contributed by atoms with Crippen LogP contribution in [-0.4, -0.2) is 52.7 Å². The van der Waals surface area contributed by atoms with Gasteiger partial charge in [0.25, 0.3) is 11.5 Å². The van der Waals surface area contributed by atoms with E-state index >= 15 is 0 Å². The summed E-state index contributed by atoms with van der Waals surface area (Å²) >= 11 is 2.22. The maximum atomic E-state index is 12.5. The topological polar surface area (TPSA) is 142 Å². The summed E-state index contributed by atoms with van der Waals surface area (Å²) in [6.07, 6.45) is 1.94. The van der Waals surface area contributed by atoms with E-state index in [9.17, 15) is 19.2 Å². The molecule has 0 aromatic carbocycles. The minimum Gasteiger partial charge on any atom is -0.376 e. The molecule has 0 saturated carbocycles. The van der Waals surface area contributed by atoms with Crippen LogP contribution in [0.3, 0.4) is 0 Å². The SMILES string of the molecule is CC(=O)Nc1nc(SCC(=O)NC[C@H]2CCCO2)[nH]c(=O)c1NC(=O)c1cccs1. The molecule has 0 spiro atoms. The van der Waals surface area contributed by atoms with Crippen molar-refractivity contribution < 1.29 is 19.1 Å². The monoisotopic (exact) mass is 451 g/mol. The summed E-state index contributed by atoms with van der Waals surface area (Å²) in [5, 5.41) is 9.58. The smallest absolute Gasteiger partial charge is 0.277 e. The van der Waals surface area contributed by atoms with Gasteiger partial charge in [-0.15, -0.1) is 11.3 Å². The number of aromatic amines is 1. The first-order valence-electron chi connectivity index (χ1n) is 9.20. The Hall–Kier alpha value is -2.70. The minimum absolute atomic E-state index is 0.0239. The molecule has 2 aromatic rings. The van der Waals surface area contributed by atoms with E-state index in [1.807, 2.05) is 0 Å². The number of aromatic nitrogens is 2. The number of H-pyrrole nitrogens is 1. The second kappa shape index (κ2) is 10.4. The average molecular weight is 452 g/mol. The number of hydrogen-bond acceptors (Lipinski definition) is 8. The van der Waals surface area contributed by atoms with Gasteiger partial charge >= 0.3 is 0 Å². The molecule has 1 fully saturated rings. The molecule has 1 atom stereocenters. The van der Waals surface area contributed by atoms with Crippen LogP contribution in [0.2, 0.25) is 0 Å². The number of hydrogen-bond donors (Lipinski definition) is 4. The van der Waals surface area contributed by atoms with Crippen molar-refractivity contribution in [2.24, 2.45) is 0 Å². The van der Waals surface area contributed by atoms with Gasteiger partial charge in [0, 0.05) is 20.1 Å². The average Bonchev–Trinajstić information content (AvgIpc) is 3.40. The highest BCUT2D eigenvalue weighted by Gasteiger charge is 2.19. The van der Waals surface area contributed by atoms with Crippen molar-refractivity contribution >= 4 is 52.3 Å². The van der Waals surface area contributed by atoms with Crippen molar-refractivity contribution in [3.05, 3.63) is 32.7 Å². The van der Waals surface area contributed by atoms with Crippen LogP contribution in [0.1, 0.15) is 29.4 Å². The fraction of sp³-hybridized carbons (Fsp3) is 0.389. The van der Waals surface area contributed by atoms with Crippen LogP contribution in [0.5, 0.6) is 0 Å². The first kappa shape index (κ1) is 22.0. The Morgan fingerprint density at radius 3 is 2.87 bits per heavy atom. The molecule has 1 aliphatic rings. The van der Waals surface area contributed by atoms with Gasteiger partial charge in [0.15, 0.2) is 16.7 Å². The van der Waals surface area contributed by atoms with Crippen molar-refractivity contribution in [2.45, 2.75) is 31.0 Å². The molecule has 0 aliphatic carbocycles. The number of thioether (sulfide) groups is 1. The van der Waals surface area contributed by atoms with Crippen molar-refractivity contribution in [3.63, 3.8) is 0 Å². The lowest BCUT2D eigenvalue weighted by Crippen LogP contribution is -2.33. The normalized spacial score (nSPS) is 15.6. The molecule has 30 heavy (non-hydrogen) atoms. The van der Waals surface area contributed by atoms with Crippen LogP contribution in [0, 0.1) is 0 Å². The Bertz CT molecular complexity index is 970. The zero-order valence-corrected chi connectivity index (χ0v) is 17.8. The Morgan fingerprint density at radius 1 is 1.37 bits per heavy atom. The Balaban J connectivity index is 1.67. The van der Waals surface area contributed by atoms with E-state index in [0.29, 0.717) is 18.0 Å². The maximum absolute atomic E-state index is 12.5. The number of thiophene rings is 1. The molecule has 0 bridgehead atoms. The number of amides is 3. The van der Waals surface area contributed by atoms with Crippen LogP contribution in [0.4, 0.5) is 11.5 Å². The molecule has 3 heterocycles. The maximum Gasteiger partial charge on any atom is 0.277 e. The van der Waals surface area contributed by atoms with Crippen molar-refractivity contribution in [2.75, 3.05) is 29.5 Å². The summed E-state index contributed by atoms with van der Waals surface area (Å²) in [5.74, 6) is -1.23. The van der Waals surface area contributed by atoms with Crippen LogP contribution in [-0.2, 0) is 14.3 Å². The van der Waals surface area contributed by atoms with E-state index in [4.69, 9.17) is 4.74 Å². The van der Waals surface area contributed by atoms with Gasteiger partial charge in [0.1, 0.15) is 0 Å². The van der Waals surface area contributed by atoms with Gasteiger partial charge in [-0.2, -0.15) is 0 Å². The molecule has 1 saturated heterocycles. The molecule has 160 valence electrons. The van der Waals surface area contributed by atoms with Gasteiger partial charge in [0.05, 0.1) is 16.7 Å². The number of carbonyl (C=O) groups excluding carboxylic acids is 3. The largest absolute Gasteiger partial charge is 0.376 e. The van der Waals surface area contributed by atoms with Gasteiger partial charge in [-0.05, 0) is 24.3 Å². The van der Waals surface area contributed by atoms with E-state index in [1.54, 1.807) is 17.5 Å². The Labute approximate surface area is 180 Å². The van der Waals surface area contributed by atoms with Gasteiger partial charge in [0.2, 0.25) is 11.8 Å². The summed E-state index contributed by atoms with van der Waals surface area (Å²) in [6.45, 7) is 2.41. The van der Waals surface area contributed by atoms with E-state index in [2.05, 4.69) is 25.9 Å². The summed E-state index contributed by atoms with van der Waals surface area (Å²) in [7, 11) is 0. The molecule has 0 radical (unpaired) electrons. The van der Waals surface area contributed by atoms with Crippen molar-refractivity contribution in [1.29, 1.82) is 0 Å². The first-order chi connectivity index (χ1) is 14.4. The lowest BCUT2D eigenvalue weighted by Gasteiger charge is -2.12. The van der Waals surface area contributed by atoms with E-state index < -0.39 is 17.4 Å². The molecule has 3 rings (SSSR count). The van der Waals surface area contributed by atoms with E-state index in [1.165, 1.54) is 18.3 Å². The third-order valence-electron chi connectivity index (χ3n) is 4.07. The highest BCUT2D eigenvalue weighted by molar-refractivity contribution is 7.99. The molecule has 12 heteroatoms. The minimum atomic E-state index is -0.638. The molecule has 4 N–H and O–H groups in total. The number of rotatable bonds is 8. The quantitative estimate of drug-likeness (QED) is 0.351. The fourth-order valence-corrected chi connectivity index (χ4v) is 4.00. The molecule has 10 nitrogen and oxygen atoms in total. The second-order valence-corrected chi connectivity index (χ2v) is 8.35. The Kier molecular flexibility index (Phi) is 7.60. The number of nitrogens with one attached hydrogen (secondary N) is 4. The zero-order valence-electron chi connectivity index (χ0n) is 16.1. The summed E-state index contributed by atoms with van der Waals surface area (Å²) in [5.41, 5.74) is -0.809. The molecule has 3 amide bonds. The van der Waals surface area contributed by atoms with Crippen LogP contribution >= 0.6 is 23.1 Å². The molecule has 2 aromatic heterocycles. The number of nitrogens with zero attached hydrogens (tertiary/aromatic N) is 1. The second-order valence-electron chi connectivity index (χ2n) is 6.44. The number of anilines is 2. The van der Waals surface area contributed by atoms with Crippen LogP contribution in [0.25, 0.3) is 0 Å². The predicted octanol–water partition coefficient (Wildman–Crippen LogP) is 1.43. The zero-order chi connectivity index (χ0) is 21.5. The molecule has 1 aliphatic heterocycles. The highest BCUT2D eigenvalue weighted by Crippen LogP contribution is 2.21. The summed E-state index contributed by atoms with van der Waals surface area (Å²) < 4.78 is 5.45. The number of ether oxygens (including phenoxy) is 1. The third kappa shape index (κ3) is 6.15. The number of carbonyl (C=O) groups is 3. The van der Waals surface area contributed by atoms with Crippen LogP contribution in [0.15, 0.2) is 27.5 Å². The van der Waals surface area contributed by atoms with Gasteiger partial charge in [-0.25, -0.2) is 4.98 Å². The fourth-order valence-electron chi connectivity index (χ4n) is 2.69. The van der Waals surface area contributed by atoms with Crippen molar-refractivity contribution in [3.8, 4) is 0 Å². The Morgan fingerprint density at radius 2 is 2.20 bits per heavy atom. The molecule has 0 unspecified atom stereocenters. The lowest BCUT2D eigenvalue weighted by molar-refractivity contribution is -0.119.